The molecule has 9 heteroatoms. The monoisotopic (exact) mass is 426 g/mol. The summed E-state index contributed by atoms with van der Waals surface area (Å²) in [5.74, 6) is 2.08. The molecule has 5 rings (SSSR count). The standard InChI is InChI=1S/C22H30N6O3/c1-14-18(22(2,3)30)25-21(31-14)28-12-15-10-27(11-16(15)13-28)20(29)17-19(24-7-6-23-17)26-8-4-5-9-26/h6-7,15-16,30H,4-5,8-13H2,1-3H3. The van der Waals surface area contributed by atoms with Gasteiger partial charge >= 0.3 is 0 Å². The van der Waals surface area contributed by atoms with Gasteiger partial charge in [0.2, 0.25) is 0 Å². The third-order valence-corrected chi connectivity index (χ3v) is 6.70. The Morgan fingerprint density at radius 2 is 1.71 bits per heavy atom. The topological polar surface area (TPSA) is 98.8 Å². The van der Waals surface area contributed by atoms with E-state index in [1.54, 1.807) is 26.2 Å². The molecule has 0 saturated carbocycles. The van der Waals surface area contributed by atoms with Gasteiger partial charge in [-0.15, -0.1) is 0 Å². The Morgan fingerprint density at radius 3 is 2.32 bits per heavy atom. The third kappa shape index (κ3) is 3.64. The second-order valence-corrected chi connectivity index (χ2v) is 9.52. The minimum absolute atomic E-state index is 0.0211. The lowest BCUT2D eigenvalue weighted by molar-refractivity contribution is 0.0727. The Kier molecular flexibility index (Phi) is 4.88. The van der Waals surface area contributed by atoms with Crippen LogP contribution in [-0.2, 0) is 5.60 Å². The number of hydrogen-bond acceptors (Lipinski definition) is 8. The molecule has 2 aromatic heterocycles. The predicted molar refractivity (Wildman–Crippen MR) is 115 cm³/mol. The lowest BCUT2D eigenvalue weighted by atomic mass is 10.0. The Balaban J connectivity index is 1.27. The average Bonchev–Trinajstić information content (AvgIpc) is 3.49. The molecule has 2 unspecified atom stereocenters. The molecule has 3 saturated heterocycles. The highest BCUT2D eigenvalue weighted by molar-refractivity contribution is 5.97. The summed E-state index contributed by atoms with van der Waals surface area (Å²) >= 11 is 0. The molecule has 2 aromatic rings. The fourth-order valence-corrected chi connectivity index (χ4v) is 5.19. The second kappa shape index (κ2) is 7.47. The Morgan fingerprint density at radius 1 is 1.06 bits per heavy atom. The zero-order valence-corrected chi connectivity index (χ0v) is 18.4. The van der Waals surface area contributed by atoms with Crippen molar-refractivity contribution < 1.29 is 14.3 Å². The fourth-order valence-electron chi connectivity index (χ4n) is 5.19. The summed E-state index contributed by atoms with van der Waals surface area (Å²) in [5.41, 5.74) is 0.0156. The summed E-state index contributed by atoms with van der Waals surface area (Å²) in [6.45, 7) is 10.1. The number of hydrogen-bond donors (Lipinski definition) is 1. The Labute approximate surface area is 182 Å². The predicted octanol–water partition coefficient (Wildman–Crippen LogP) is 1.81. The first-order valence-corrected chi connectivity index (χ1v) is 11.1. The number of aryl methyl sites for hydroxylation is 1. The van der Waals surface area contributed by atoms with Crippen LogP contribution in [0.4, 0.5) is 11.8 Å². The van der Waals surface area contributed by atoms with Crippen molar-refractivity contribution in [3.8, 4) is 0 Å². The first-order chi connectivity index (χ1) is 14.8. The number of carbonyl (C=O) groups excluding carboxylic acids is 1. The van der Waals surface area contributed by atoms with Crippen molar-refractivity contribution in [3.63, 3.8) is 0 Å². The van der Waals surface area contributed by atoms with Crippen LogP contribution in [0.2, 0.25) is 0 Å². The number of aliphatic hydroxyl groups is 1. The molecule has 166 valence electrons. The van der Waals surface area contributed by atoms with Gasteiger partial charge in [0.15, 0.2) is 11.5 Å². The van der Waals surface area contributed by atoms with Crippen molar-refractivity contribution in [2.24, 2.45) is 11.8 Å². The highest BCUT2D eigenvalue weighted by Gasteiger charge is 2.44. The van der Waals surface area contributed by atoms with E-state index in [0.717, 1.165) is 44.8 Å². The molecule has 0 aromatic carbocycles. The molecule has 3 aliphatic heterocycles. The SMILES string of the molecule is Cc1oc(N2CC3CN(C(=O)c4nccnc4N4CCCC4)CC3C2)nc1C(C)(C)O. The Hall–Kier alpha value is -2.68. The van der Waals surface area contributed by atoms with Gasteiger partial charge in [-0.2, -0.15) is 4.98 Å². The van der Waals surface area contributed by atoms with Gasteiger partial charge in [-0.25, -0.2) is 9.97 Å². The highest BCUT2D eigenvalue weighted by Crippen LogP contribution is 2.36. The van der Waals surface area contributed by atoms with E-state index in [0.29, 0.717) is 48.1 Å². The number of amides is 1. The molecular formula is C22H30N6O3. The molecule has 1 N–H and O–H groups in total. The third-order valence-electron chi connectivity index (χ3n) is 6.70. The second-order valence-electron chi connectivity index (χ2n) is 9.52. The maximum atomic E-state index is 13.3. The summed E-state index contributed by atoms with van der Waals surface area (Å²) in [5, 5.41) is 10.3. The van der Waals surface area contributed by atoms with E-state index >= 15 is 0 Å². The minimum atomic E-state index is -1.03. The smallest absolute Gasteiger partial charge is 0.297 e. The highest BCUT2D eigenvalue weighted by atomic mass is 16.4. The van der Waals surface area contributed by atoms with Crippen LogP contribution >= 0.6 is 0 Å². The van der Waals surface area contributed by atoms with Crippen molar-refractivity contribution in [3.05, 3.63) is 29.5 Å². The first-order valence-electron chi connectivity index (χ1n) is 11.1. The van der Waals surface area contributed by atoms with Gasteiger partial charge < -0.3 is 24.2 Å². The van der Waals surface area contributed by atoms with Crippen LogP contribution in [0.15, 0.2) is 16.8 Å². The maximum Gasteiger partial charge on any atom is 0.297 e. The molecule has 1 amide bonds. The van der Waals surface area contributed by atoms with Crippen LogP contribution in [0.5, 0.6) is 0 Å². The van der Waals surface area contributed by atoms with Crippen molar-refractivity contribution in [2.75, 3.05) is 49.1 Å². The Bertz CT molecular complexity index is 964. The van der Waals surface area contributed by atoms with E-state index in [9.17, 15) is 9.90 Å². The molecule has 0 bridgehead atoms. The van der Waals surface area contributed by atoms with E-state index in [4.69, 9.17) is 4.42 Å². The normalized spacial score (nSPS) is 23.7. The summed E-state index contributed by atoms with van der Waals surface area (Å²) < 4.78 is 5.86. The average molecular weight is 427 g/mol. The van der Waals surface area contributed by atoms with Gasteiger partial charge in [0.1, 0.15) is 17.1 Å². The van der Waals surface area contributed by atoms with E-state index in [-0.39, 0.29) is 5.91 Å². The molecule has 0 radical (unpaired) electrons. The van der Waals surface area contributed by atoms with Gasteiger partial charge in [-0.3, -0.25) is 4.79 Å². The fraction of sp³-hybridized carbons (Fsp3) is 0.636. The largest absolute Gasteiger partial charge is 0.429 e. The summed E-state index contributed by atoms with van der Waals surface area (Å²) in [6.07, 6.45) is 5.53. The molecule has 9 nitrogen and oxygen atoms in total. The molecule has 3 fully saturated rings. The van der Waals surface area contributed by atoms with Crippen LogP contribution in [0.25, 0.3) is 0 Å². The van der Waals surface area contributed by atoms with Crippen LogP contribution in [-0.4, -0.2) is 70.1 Å². The van der Waals surface area contributed by atoms with Crippen molar-refractivity contribution in [1.82, 2.24) is 19.9 Å². The number of nitrogens with zero attached hydrogens (tertiary/aromatic N) is 6. The zero-order valence-electron chi connectivity index (χ0n) is 18.4. The van der Waals surface area contributed by atoms with Crippen molar-refractivity contribution in [2.45, 2.75) is 39.2 Å². The molecule has 0 spiro atoms. The molecule has 2 atom stereocenters. The van der Waals surface area contributed by atoms with Gasteiger partial charge in [-0.05, 0) is 33.6 Å². The van der Waals surface area contributed by atoms with Crippen LogP contribution in [0.3, 0.4) is 0 Å². The number of carbonyl (C=O) groups is 1. The number of likely N-dealkylation sites (tertiary alicyclic amines) is 1. The van der Waals surface area contributed by atoms with Crippen molar-refractivity contribution >= 4 is 17.7 Å². The van der Waals surface area contributed by atoms with Gasteiger partial charge in [0.05, 0.1) is 0 Å². The molecule has 3 aliphatic rings. The first kappa shape index (κ1) is 20.2. The van der Waals surface area contributed by atoms with Crippen LogP contribution in [0, 0.1) is 18.8 Å². The summed E-state index contributed by atoms with van der Waals surface area (Å²) in [4.78, 5) is 33.0. The number of fused-ring (bicyclic) bond motifs is 1. The zero-order chi connectivity index (χ0) is 21.8. The van der Waals surface area contributed by atoms with E-state index < -0.39 is 5.60 Å². The van der Waals surface area contributed by atoms with Crippen LogP contribution in [0.1, 0.15) is 48.6 Å². The summed E-state index contributed by atoms with van der Waals surface area (Å²) in [6, 6.07) is 0.562. The van der Waals surface area contributed by atoms with Gasteiger partial charge in [-0.1, -0.05) is 0 Å². The minimum Gasteiger partial charge on any atom is -0.429 e. The maximum absolute atomic E-state index is 13.3. The van der Waals surface area contributed by atoms with E-state index in [1.807, 2.05) is 11.8 Å². The number of rotatable bonds is 4. The molecule has 5 heterocycles. The molecular weight excluding hydrogens is 396 g/mol. The lowest BCUT2D eigenvalue weighted by Gasteiger charge is -2.23. The van der Waals surface area contributed by atoms with Crippen LogP contribution < -0.4 is 9.80 Å². The number of oxazole rings is 1. The number of anilines is 2. The summed E-state index contributed by atoms with van der Waals surface area (Å²) in [7, 11) is 0. The lowest BCUT2D eigenvalue weighted by Crippen LogP contribution is -2.35. The molecule has 0 aliphatic carbocycles. The van der Waals surface area contributed by atoms with E-state index in [1.165, 1.54) is 0 Å². The molecule has 31 heavy (non-hydrogen) atoms. The van der Waals surface area contributed by atoms with E-state index in [2.05, 4.69) is 24.8 Å². The van der Waals surface area contributed by atoms with Crippen molar-refractivity contribution in [1.29, 1.82) is 0 Å². The quantitative estimate of drug-likeness (QED) is 0.790. The van der Waals surface area contributed by atoms with Gasteiger partial charge in [0.25, 0.3) is 11.9 Å². The number of aromatic nitrogens is 3. The van der Waals surface area contributed by atoms with Gasteiger partial charge in [0, 0.05) is 63.5 Å².